The molecular weight excluding hydrogens is 223 g/mol. The maximum Gasteiger partial charge on any atom is 0.313 e. The molecule has 4 heteroatoms. The third-order valence-electron chi connectivity index (χ3n) is 3.70. The van der Waals surface area contributed by atoms with E-state index < -0.39 is 0 Å². The molecule has 3 unspecified atom stereocenters. The van der Waals surface area contributed by atoms with Crippen LogP contribution in [0.1, 0.15) is 40.0 Å². The predicted molar refractivity (Wildman–Crippen MR) is 76.0 cm³/mol. The highest BCUT2D eigenvalue weighted by molar-refractivity contribution is 6.53. The highest BCUT2D eigenvalue weighted by Crippen LogP contribution is 2.34. The summed E-state index contributed by atoms with van der Waals surface area (Å²) < 4.78 is 6.09. The van der Waals surface area contributed by atoms with Crippen molar-refractivity contribution in [2.45, 2.75) is 52.5 Å². The molecule has 1 rings (SSSR count). The number of hydrogen-bond acceptors (Lipinski definition) is 3. The summed E-state index contributed by atoms with van der Waals surface area (Å²) in [6, 6.07) is 2.43. The van der Waals surface area contributed by atoms with E-state index in [4.69, 9.17) is 4.65 Å². The Balaban J connectivity index is 2.57. The van der Waals surface area contributed by atoms with Gasteiger partial charge in [-0.1, -0.05) is 33.3 Å². The minimum absolute atomic E-state index is 0.0507. The second-order valence-corrected chi connectivity index (χ2v) is 5.31. The van der Waals surface area contributed by atoms with Crippen molar-refractivity contribution in [3.63, 3.8) is 0 Å². The van der Waals surface area contributed by atoms with Crippen LogP contribution in [0.5, 0.6) is 0 Å². The fourth-order valence-electron chi connectivity index (χ4n) is 2.72. The molecule has 3 nitrogen and oxygen atoms in total. The zero-order valence-corrected chi connectivity index (χ0v) is 11.9. The van der Waals surface area contributed by atoms with Crippen molar-refractivity contribution in [3.05, 3.63) is 12.3 Å². The molecule has 1 N–H and O–H groups in total. The smallest absolute Gasteiger partial charge is 0.313 e. The average Bonchev–Trinajstić information content (AvgIpc) is 2.76. The lowest BCUT2D eigenvalue weighted by molar-refractivity contribution is 0.131. The van der Waals surface area contributed by atoms with Crippen LogP contribution in [0.15, 0.2) is 12.3 Å². The third kappa shape index (κ3) is 4.06. The van der Waals surface area contributed by atoms with Crippen molar-refractivity contribution in [1.29, 1.82) is 5.26 Å². The normalized spacial score (nSPS) is 24.7. The van der Waals surface area contributed by atoms with Crippen LogP contribution in [-0.4, -0.2) is 19.5 Å². The van der Waals surface area contributed by atoms with Gasteiger partial charge in [0.25, 0.3) is 0 Å². The molecule has 0 aromatic rings. The van der Waals surface area contributed by atoms with Crippen LogP contribution in [0.4, 0.5) is 0 Å². The molecule has 0 aliphatic carbocycles. The maximum atomic E-state index is 9.28. The number of nitriles is 1. The van der Waals surface area contributed by atoms with Crippen molar-refractivity contribution in [1.82, 2.24) is 5.32 Å². The first-order chi connectivity index (χ1) is 8.62. The first kappa shape index (κ1) is 15.1. The lowest BCUT2D eigenvalue weighted by atomic mass is 9.63. The van der Waals surface area contributed by atoms with E-state index in [-0.39, 0.29) is 18.9 Å². The summed E-state index contributed by atoms with van der Waals surface area (Å²) in [5, 5.41) is 12.5. The standard InChI is InChI=1S/C14H25BN2O/c1-5-7-13(9-16)14-12(6-2)8-15(18-14)10-17-11(3)4/h12-14,17H,3,5-8,10H2,1-2,4H3. The monoisotopic (exact) mass is 248 g/mol. The van der Waals surface area contributed by atoms with Crippen LogP contribution in [0.2, 0.25) is 6.32 Å². The Bertz CT molecular complexity index is 313. The van der Waals surface area contributed by atoms with Crippen LogP contribution in [0.25, 0.3) is 0 Å². The summed E-state index contributed by atoms with van der Waals surface area (Å²) in [4.78, 5) is 0. The highest BCUT2D eigenvalue weighted by Gasteiger charge is 2.40. The molecule has 1 fully saturated rings. The topological polar surface area (TPSA) is 45.0 Å². The minimum Gasteiger partial charge on any atom is -0.430 e. The van der Waals surface area contributed by atoms with Crippen LogP contribution in [0.3, 0.4) is 0 Å². The summed E-state index contributed by atoms with van der Waals surface area (Å²) in [6.07, 6.45) is 5.07. The van der Waals surface area contributed by atoms with Crippen LogP contribution >= 0.6 is 0 Å². The number of nitrogens with one attached hydrogen (secondary N) is 1. The number of nitrogens with zero attached hydrogens (tertiary/aromatic N) is 1. The zero-order chi connectivity index (χ0) is 13.5. The van der Waals surface area contributed by atoms with Gasteiger partial charge < -0.3 is 9.97 Å². The number of hydrogen-bond donors (Lipinski definition) is 1. The van der Waals surface area contributed by atoms with Gasteiger partial charge in [-0.05, 0) is 31.3 Å². The van der Waals surface area contributed by atoms with Gasteiger partial charge in [0, 0.05) is 6.44 Å². The van der Waals surface area contributed by atoms with E-state index in [0.29, 0.717) is 5.92 Å². The van der Waals surface area contributed by atoms with Crippen molar-refractivity contribution in [2.75, 3.05) is 6.44 Å². The molecule has 0 bridgehead atoms. The van der Waals surface area contributed by atoms with Crippen LogP contribution < -0.4 is 5.32 Å². The Morgan fingerprint density at radius 1 is 1.61 bits per heavy atom. The van der Waals surface area contributed by atoms with Crippen LogP contribution in [-0.2, 0) is 4.65 Å². The van der Waals surface area contributed by atoms with Gasteiger partial charge >= 0.3 is 6.92 Å². The van der Waals surface area contributed by atoms with E-state index >= 15 is 0 Å². The third-order valence-corrected chi connectivity index (χ3v) is 3.70. The quantitative estimate of drug-likeness (QED) is 0.704. The summed E-state index contributed by atoms with van der Waals surface area (Å²) in [7, 11) is 0. The van der Waals surface area contributed by atoms with E-state index in [2.05, 4.69) is 31.8 Å². The summed E-state index contributed by atoms with van der Waals surface area (Å²) >= 11 is 0. The van der Waals surface area contributed by atoms with Gasteiger partial charge in [0.15, 0.2) is 0 Å². The van der Waals surface area contributed by atoms with E-state index in [1.807, 2.05) is 6.92 Å². The SMILES string of the molecule is C=C(C)NCB1CC(CC)C(C(C#N)CCC)O1. The molecule has 0 radical (unpaired) electrons. The van der Waals surface area contributed by atoms with E-state index in [9.17, 15) is 5.26 Å². The molecule has 0 aromatic heterocycles. The zero-order valence-electron chi connectivity index (χ0n) is 11.9. The molecular formula is C14H25BN2O. The molecule has 1 aliphatic rings. The minimum atomic E-state index is 0.0507. The average molecular weight is 248 g/mol. The molecule has 1 saturated heterocycles. The second-order valence-electron chi connectivity index (χ2n) is 5.31. The summed E-state index contributed by atoms with van der Waals surface area (Å²) in [5.41, 5.74) is 0.973. The van der Waals surface area contributed by atoms with Crippen molar-refractivity contribution < 1.29 is 4.65 Å². The molecule has 1 aliphatic heterocycles. The van der Waals surface area contributed by atoms with E-state index in [0.717, 1.165) is 37.7 Å². The maximum absolute atomic E-state index is 9.28. The van der Waals surface area contributed by atoms with Gasteiger partial charge in [-0.2, -0.15) is 5.26 Å². The molecule has 0 saturated carbocycles. The van der Waals surface area contributed by atoms with Gasteiger partial charge in [0.1, 0.15) is 0 Å². The molecule has 100 valence electrons. The first-order valence-corrected chi connectivity index (χ1v) is 7.06. The van der Waals surface area contributed by atoms with Gasteiger partial charge in [-0.15, -0.1) is 0 Å². The summed E-state index contributed by atoms with van der Waals surface area (Å²) in [6.45, 7) is 10.3. The predicted octanol–water partition coefficient (Wildman–Crippen LogP) is 3.01. The van der Waals surface area contributed by atoms with E-state index in [1.54, 1.807) is 0 Å². The molecule has 0 amide bonds. The van der Waals surface area contributed by atoms with Gasteiger partial charge in [0.05, 0.1) is 18.1 Å². The first-order valence-electron chi connectivity index (χ1n) is 7.06. The van der Waals surface area contributed by atoms with Crippen molar-refractivity contribution in [3.8, 4) is 6.07 Å². The Kier molecular flexibility index (Phi) is 6.28. The van der Waals surface area contributed by atoms with Crippen molar-refractivity contribution in [2.24, 2.45) is 11.8 Å². The molecule has 3 atom stereocenters. The highest BCUT2D eigenvalue weighted by atomic mass is 16.5. The lowest BCUT2D eigenvalue weighted by Gasteiger charge is -2.23. The fraction of sp³-hybridized carbons (Fsp3) is 0.786. The van der Waals surface area contributed by atoms with Gasteiger partial charge in [0.2, 0.25) is 0 Å². The molecule has 18 heavy (non-hydrogen) atoms. The van der Waals surface area contributed by atoms with Gasteiger partial charge in [-0.25, -0.2) is 0 Å². The Morgan fingerprint density at radius 2 is 2.33 bits per heavy atom. The van der Waals surface area contributed by atoms with E-state index in [1.165, 1.54) is 0 Å². The molecule has 1 heterocycles. The van der Waals surface area contributed by atoms with Crippen molar-refractivity contribution >= 4 is 6.92 Å². The Hall–Kier alpha value is -0.945. The number of allylic oxidation sites excluding steroid dienone is 1. The molecule has 0 aromatic carbocycles. The Labute approximate surface area is 112 Å². The lowest BCUT2D eigenvalue weighted by Crippen LogP contribution is -2.31. The summed E-state index contributed by atoms with van der Waals surface area (Å²) in [5.74, 6) is 0.577. The Morgan fingerprint density at radius 3 is 2.83 bits per heavy atom. The fourth-order valence-corrected chi connectivity index (χ4v) is 2.72. The number of rotatable bonds is 7. The van der Waals surface area contributed by atoms with Gasteiger partial charge in [-0.3, -0.25) is 0 Å². The van der Waals surface area contributed by atoms with Crippen LogP contribution in [0, 0.1) is 23.2 Å². The largest absolute Gasteiger partial charge is 0.430 e. The second kappa shape index (κ2) is 7.48. The molecule has 0 spiro atoms.